The SMILES string of the molecule is Cc1nc(CSCC(=O)N2CCCCC2C(=O)Nc2ccc(Cl)c(Cl)c2)no1. The summed E-state index contributed by atoms with van der Waals surface area (Å²) < 4.78 is 4.92. The van der Waals surface area contributed by atoms with Crippen LogP contribution in [0.15, 0.2) is 22.7 Å². The Balaban J connectivity index is 1.58. The minimum Gasteiger partial charge on any atom is -0.340 e. The van der Waals surface area contributed by atoms with E-state index in [1.807, 2.05) is 0 Å². The van der Waals surface area contributed by atoms with Crippen molar-refractivity contribution in [1.29, 1.82) is 0 Å². The van der Waals surface area contributed by atoms with Gasteiger partial charge in [-0.15, -0.1) is 11.8 Å². The van der Waals surface area contributed by atoms with Gasteiger partial charge in [0.2, 0.25) is 17.7 Å². The first-order valence-corrected chi connectivity index (χ1v) is 10.8. The maximum atomic E-state index is 12.8. The highest BCUT2D eigenvalue weighted by Crippen LogP contribution is 2.26. The van der Waals surface area contributed by atoms with Gasteiger partial charge in [0.05, 0.1) is 21.6 Å². The lowest BCUT2D eigenvalue weighted by Crippen LogP contribution is -2.50. The third-order valence-electron chi connectivity index (χ3n) is 4.34. The number of rotatable bonds is 6. The first kappa shape index (κ1) is 21.0. The molecule has 3 rings (SSSR count). The summed E-state index contributed by atoms with van der Waals surface area (Å²) in [6, 6.07) is 4.41. The number of hydrogen-bond acceptors (Lipinski definition) is 6. The molecule has 1 aliphatic heterocycles. The summed E-state index contributed by atoms with van der Waals surface area (Å²) >= 11 is 13.3. The van der Waals surface area contributed by atoms with Crippen LogP contribution >= 0.6 is 35.0 Å². The number of nitrogens with zero attached hydrogens (tertiary/aromatic N) is 3. The average molecular weight is 443 g/mol. The van der Waals surface area contributed by atoms with Crippen LogP contribution in [-0.4, -0.2) is 45.2 Å². The van der Waals surface area contributed by atoms with Crippen molar-refractivity contribution in [2.24, 2.45) is 0 Å². The molecular weight excluding hydrogens is 423 g/mol. The van der Waals surface area contributed by atoms with Crippen molar-refractivity contribution in [3.8, 4) is 0 Å². The van der Waals surface area contributed by atoms with Crippen LogP contribution in [-0.2, 0) is 15.3 Å². The summed E-state index contributed by atoms with van der Waals surface area (Å²) in [7, 11) is 0. The third-order valence-corrected chi connectivity index (χ3v) is 5.99. The molecule has 1 aromatic heterocycles. The van der Waals surface area contributed by atoms with E-state index in [9.17, 15) is 9.59 Å². The fourth-order valence-electron chi connectivity index (χ4n) is 3.01. The van der Waals surface area contributed by atoms with Gasteiger partial charge in [-0.1, -0.05) is 28.4 Å². The number of aromatic nitrogens is 2. The molecule has 7 nitrogen and oxygen atoms in total. The van der Waals surface area contributed by atoms with Gasteiger partial charge in [0.1, 0.15) is 6.04 Å². The summed E-state index contributed by atoms with van der Waals surface area (Å²) in [4.78, 5) is 31.2. The molecule has 1 unspecified atom stereocenters. The Morgan fingerprint density at radius 3 is 2.86 bits per heavy atom. The quantitative estimate of drug-likeness (QED) is 0.728. The molecule has 0 aliphatic carbocycles. The second-order valence-corrected chi connectivity index (χ2v) is 8.24. The van der Waals surface area contributed by atoms with Crippen LogP contribution in [0.25, 0.3) is 0 Å². The van der Waals surface area contributed by atoms with Gasteiger partial charge in [-0.3, -0.25) is 9.59 Å². The van der Waals surface area contributed by atoms with Crippen molar-refractivity contribution in [1.82, 2.24) is 15.0 Å². The monoisotopic (exact) mass is 442 g/mol. The number of benzene rings is 1. The van der Waals surface area contributed by atoms with Crippen molar-refractivity contribution in [3.63, 3.8) is 0 Å². The summed E-state index contributed by atoms with van der Waals surface area (Å²) in [6.45, 7) is 2.29. The number of hydrogen-bond donors (Lipinski definition) is 1. The van der Waals surface area contributed by atoms with Crippen molar-refractivity contribution in [2.75, 3.05) is 17.6 Å². The van der Waals surface area contributed by atoms with Gasteiger partial charge in [-0.2, -0.15) is 4.98 Å². The fourth-order valence-corrected chi connectivity index (χ4v) is 4.06. The largest absolute Gasteiger partial charge is 0.340 e. The number of thioether (sulfide) groups is 1. The molecule has 0 spiro atoms. The molecule has 2 aromatic rings. The zero-order chi connectivity index (χ0) is 20.1. The smallest absolute Gasteiger partial charge is 0.247 e. The Morgan fingerprint density at radius 1 is 1.32 bits per heavy atom. The molecule has 2 heterocycles. The topological polar surface area (TPSA) is 88.3 Å². The van der Waals surface area contributed by atoms with Crippen LogP contribution in [0.5, 0.6) is 0 Å². The van der Waals surface area contributed by atoms with Crippen LogP contribution in [0.2, 0.25) is 10.0 Å². The first-order valence-electron chi connectivity index (χ1n) is 8.86. The second-order valence-electron chi connectivity index (χ2n) is 6.44. The van der Waals surface area contributed by atoms with E-state index in [4.69, 9.17) is 27.7 Å². The highest BCUT2D eigenvalue weighted by molar-refractivity contribution is 7.99. The van der Waals surface area contributed by atoms with Gasteiger partial charge >= 0.3 is 0 Å². The van der Waals surface area contributed by atoms with Gasteiger partial charge in [-0.25, -0.2) is 0 Å². The Labute approximate surface area is 177 Å². The zero-order valence-electron chi connectivity index (χ0n) is 15.3. The summed E-state index contributed by atoms with van der Waals surface area (Å²) in [5.41, 5.74) is 0.555. The summed E-state index contributed by atoms with van der Waals surface area (Å²) in [5, 5.41) is 7.43. The summed E-state index contributed by atoms with van der Waals surface area (Å²) in [6.07, 6.45) is 2.42. The van der Waals surface area contributed by atoms with E-state index in [0.29, 0.717) is 46.2 Å². The minimum atomic E-state index is -0.497. The van der Waals surface area contributed by atoms with Gasteiger partial charge < -0.3 is 14.7 Å². The van der Waals surface area contributed by atoms with E-state index in [2.05, 4.69) is 15.5 Å². The molecule has 2 amide bonds. The molecule has 0 radical (unpaired) electrons. The number of halogens is 2. The lowest BCUT2D eigenvalue weighted by molar-refractivity contribution is -0.138. The Kier molecular flexibility index (Phi) is 7.20. The molecule has 0 saturated carbocycles. The average Bonchev–Trinajstić information content (AvgIpc) is 3.09. The highest BCUT2D eigenvalue weighted by atomic mass is 35.5. The van der Waals surface area contributed by atoms with E-state index >= 15 is 0 Å². The maximum Gasteiger partial charge on any atom is 0.247 e. The summed E-state index contributed by atoms with van der Waals surface area (Å²) in [5.74, 6) is 1.51. The van der Waals surface area contributed by atoms with Crippen LogP contribution in [0.1, 0.15) is 31.0 Å². The Morgan fingerprint density at radius 2 is 2.14 bits per heavy atom. The molecule has 1 aliphatic rings. The molecule has 1 N–H and O–H groups in total. The fraction of sp³-hybridized carbons (Fsp3) is 0.444. The maximum absolute atomic E-state index is 12.8. The normalized spacial score (nSPS) is 16.8. The lowest BCUT2D eigenvalue weighted by Gasteiger charge is -2.34. The first-order chi connectivity index (χ1) is 13.4. The molecule has 0 bridgehead atoms. The van der Waals surface area contributed by atoms with Gasteiger partial charge in [0, 0.05) is 19.2 Å². The second kappa shape index (κ2) is 9.62. The van der Waals surface area contributed by atoms with E-state index in [0.717, 1.165) is 12.8 Å². The van der Waals surface area contributed by atoms with E-state index in [1.54, 1.807) is 30.0 Å². The molecule has 1 saturated heterocycles. The van der Waals surface area contributed by atoms with Gasteiger partial charge in [-0.05, 0) is 37.5 Å². The molecule has 1 aromatic carbocycles. The standard InChI is InChI=1S/C18H20Cl2N4O3S/c1-11-21-16(23-27-11)9-28-10-17(25)24-7-3-2-4-15(24)18(26)22-12-5-6-13(19)14(20)8-12/h5-6,8,15H,2-4,7,9-10H2,1H3,(H,22,26). The molecule has 1 fully saturated rings. The zero-order valence-corrected chi connectivity index (χ0v) is 17.6. The van der Waals surface area contributed by atoms with E-state index in [-0.39, 0.29) is 17.6 Å². The molecular formula is C18H20Cl2N4O3S. The number of carbonyl (C=O) groups is 2. The number of carbonyl (C=O) groups excluding carboxylic acids is 2. The van der Waals surface area contributed by atoms with E-state index < -0.39 is 6.04 Å². The molecule has 1 atom stereocenters. The van der Waals surface area contributed by atoms with Crippen molar-refractivity contribution >= 4 is 52.5 Å². The predicted molar refractivity (Wildman–Crippen MR) is 110 cm³/mol. The number of amides is 2. The van der Waals surface area contributed by atoms with Crippen LogP contribution in [0.4, 0.5) is 5.69 Å². The van der Waals surface area contributed by atoms with Crippen molar-refractivity contribution < 1.29 is 14.1 Å². The highest BCUT2D eigenvalue weighted by Gasteiger charge is 2.32. The molecule has 28 heavy (non-hydrogen) atoms. The van der Waals surface area contributed by atoms with Gasteiger partial charge in [0.25, 0.3) is 0 Å². The van der Waals surface area contributed by atoms with Crippen LogP contribution in [0, 0.1) is 6.92 Å². The third kappa shape index (κ3) is 5.40. The van der Waals surface area contributed by atoms with Crippen LogP contribution in [0.3, 0.4) is 0 Å². The van der Waals surface area contributed by atoms with Crippen LogP contribution < -0.4 is 5.32 Å². The number of aryl methyl sites for hydroxylation is 1. The number of anilines is 1. The van der Waals surface area contributed by atoms with E-state index in [1.165, 1.54) is 11.8 Å². The number of piperidine rings is 1. The molecule has 150 valence electrons. The predicted octanol–water partition coefficient (Wildman–Crippen LogP) is 3.94. The Hall–Kier alpha value is -1.77. The van der Waals surface area contributed by atoms with Crippen molar-refractivity contribution in [3.05, 3.63) is 40.0 Å². The van der Waals surface area contributed by atoms with Crippen molar-refractivity contribution in [2.45, 2.75) is 38.0 Å². The lowest BCUT2D eigenvalue weighted by atomic mass is 10.0. The minimum absolute atomic E-state index is 0.0702. The molecule has 10 heteroatoms. The van der Waals surface area contributed by atoms with Gasteiger partial charge in [0.15, 0.2) is 5.82 Å². The Bertz CT molecular complexity index is 861. The number of likely N-dealkylation sites (tertiary alicyclic amines) is 1. The number of nitrogens with one attached hydrogen (secondary N) is 1.